The lowest BCUT2D eigenvalue weighted by molar-refractivity contribution is -0.132. The number of imidazole rings is 1. The molecular weight excluding hydrogens is 468 g/mol. The molecule has 176 valence electrons. The minimum atomic E-state index is -1.03. The molecule has 4 aromatic rings. The fourth-order valence-electron chi connectivity index (χ4n) is 4.35. The Hall–Kier alpha value is -4.17. The van der Waals surface area contributed by atoms with Gasteiger partial charge in [0.25, 0.3) is 5.78 Å². The van der Waals surface area contributed by atoms with Crippen molar-refractivity contribution in [1.82, 2.24) is 15.0 Å². The monoisotopic (exact) mass is 488 g/mol. The number of hydrogen-bond donors (Lipinski definition) is 2. The summed E-state index contributed by atoms with van der Waals surface area (Å²) in [6, 6.07) is 13.1. The molecule has 1 fully saturated rings. The second kappa shape index (κ2) is 8.56. The van der Waals surface area contributed by atoms with E-state index in [0.717, 1.165) is 11.1 Å². The molecule has 0 saturated carbocycles. The second-order valence-corrected chi connectivity index (χ2v) is 8.74. The number of rotatable bonds is 4. The van der Waals surface area contributed by atoms with Gasteiger partial charge in [-0.15, -0.1) is 0 Å². The van der Waals surface area contributed by atoms with Crippen LogP contribution in [0.4, 0.5) is 5.95 Å². The molecule has 1 aliphatic heterocycles. The maximum absolute atomic E-state index is 13.4. The number of Topliss-reactive ketones (excluding diaryl/α,β-unsaturated/α-hetero) is 1. The van der Waals surface area contributed by atoms with Crippen molar-refractivity contribution in [1.29, 1.82) is 0 Å². The molecule has 0 spiro atoms. The molecule has 1 saturated heterocycles. The molecule has 9 heteroatoms. The SMILES string of the molecule is COc1c(Cl)cc(C)cc1/C(O)=C1\C(=O)C(=O)N(c2nc3ccc(C)cc3[nH]2)C1c1ccccn1. The van der Waals surface area contributed by atoms with Crippen molar-refractivity contribution in [2.24, 2.45) is 0 Å². The van der Waals surface area contributed by atoms with E-state index in [-0.39, 0.29) is 27.9 Å². The van der Waals surface area contributed by atoms with Gasteiger partial charge in [0.05, 0.1) is 40.0 Å². The van der Waals surface area contributed by atoms with Crippen molar-refractivity contribution >= 4 is 46.0 Å². The number of aromatic nitrogens is 3. The van der Waals surface area contributed by atoms with Crippen LogP contribution in [0.5, 0.6) is 5.75 Å². The molecule has 0 radical (unpaired) electrons. The fourth-order valence-corrected chi connectivity index (χ4v) is 4.70. The summed E-state index contributed by atoms with van der Waals surface area (Å²) < 4.78 is 5.41. The zero-order valence-electron chi connectivity index (χ0n) is 19.2. The lowest BCUT2D eigenvalue weighted by atomic mass is 9.97. The van der Waals surface area contributed by atoms with Crippen LogP contribution in [0.1, 0.15) is 28.4 Å². The molecule has 2 N–H and O–H groups in total. The van der Waals surface area contributed by atoms with Crippen LogP contribution in [-0.2, 0) is 9.59 Å². The maximum atomic E-state index is 13.4. The zero-order valence-corrected chi connectivity index (χ0v) is 19.9. The third kappa shape index (κ3) is 3.72. The van der Waals surface area contributed by atoms with Crippen LogP contribution in [0.25, 0.3) is 16.8 Å². The van der Waals surface area contributed by atoms with E-state index in [0.29, 0.717) is 16.7 Å². The summed E-state index contributed by atoms with van der Waals surface area (Å²) in [4.78, 5) is 40.0. The minimum Gasteiger partial charge on any atom is -0.507 e. The predicted molar refractivity (Wildman–Crippen MR) is 133 cm³/mol. The number of pyridine rings is 1. The molecule has 2 aromatic heterocycles. The summed E-state index contributed by atoms with van der Waals surface area (Å²) in [6.07, 6.45) is 1.56. The van der Waals surface area contributed by atoms with E-state index in [9.17, 15) is 14.7 Å². The summed E-state index contributed by atoms with van der Waals surface area (Å²) in [5, 5.41) is 11.7. The van der Waals surface area contributed by atoms with Gasteiger partial charge in [-0.2, -0.15) is 0 Å². The number of methoxy groups -OCH3 is 1. The first-order valence-electron chi connectivity index (χ1n) is 10.8. The van der Waals surface area contributed by atoms with Crippen molar-refractivity contribution < 1.29 is 19.4 Å². The van der Waals surface area contributed by atoms with Crippen LogP contribution in [0.3, 0.4) is 0 Å². The van der Waals surface area contributed by atoms with E-state index in [2.05, 4.69) is 15.0 Å². The molecule has 8 nitrogen and oxygen atoms in total. The number of aromatic amines is 1. The van der Waals surface area contributed by atoms with E-state index in [1.54, 1.807) is 43.5 Å². The Labute approximate surface area is 205 Å². The highest BCUT2D eigenvalue weighted by atomic mass is 35.5. The van der Waals surface area contributed by atoms with E-state index in [4.69, 9.17) is 16.3 Å². The highest BCUT2D eigenvalue weighted by molar-refractivity contribution is 6.51. The number of aliphatic hydroxyl groups excluding tert-OH is 1. The molecule has 0 bridgehead atoms. The van der Waals surface area contributed by atoms with Crippen LogP contribution in [0, 0.1) is 13.8 Å². The zero-order chi connectivity index (χ0) is 24.9. The number of halogens is 1. The number of carbonyl (C=O) groups excluding carboxylic acids is 2. The van der Waals surface area contributed by atoms with Gasteiger partial charge in [0.15, 0.2) is 0 Å². The Kier molecular flexibility index (Phi) is 5.53. The molecule has 0 aliphatic carbocycles. The average molecular weight is 489 g/mol. The third-order valence-corrected chi connectivity index (χ3v) is 6.19. The van der Waals surface area contributed by atoms with Gasteiger partial charge in [-0.05, 0) is 61.4 Å². The Morgan fingerprint density at radius 2 is 1.91 bits per heavy atom. The molecule has 1 unspecified atom stereocenters. The number of carbonyl (C=O) groups is 2. The van der Waals surface area contributed by atoms with Crippen LogP contribution < -0.4 is 9.64 Å². The van der Waals surface area contributed by atoms with Gasteiger partial charge in [0, 0.05) is 6.20 Å². The number of fused-ring (bicyclic) bond motifs is 1. The number of H-pyrrole nitrogens is 1. The molecule has 1 aliphatic rings. The van der Waals surface area contributed by atoms with Gasteiger partial charge in [0.2, 0.25) is 5.95 Å². The van der Waals surface area contributed by atoms with E-state index in [1.807, 2.05) is 25.1 Å². The lowest BCUT2D eigenvalue weighted by Crippen LogP contribution is -2.30. The number of nitrogens with one attached hydrogen (secondary N) is 1. The summed E-state index contributed by atoms with van der Waals surface area (Å²) >= 11 is 6.34. The van der Waals surface area contributed by atoms with Gasteiger partial charge in [-0.1, -0.05) is 23.7 Å². The van der Waals surface area contributed by atoms with Gasteiger partial charge in [-0.3, -0.25) is 19.5 Å². The number of benzene rings is 2. The molecule has 2 aromatic carbocycles. The quantitative estimate of drug-likeness (QED) is 0.241. The number of aliphatic hydroxyl groups is 1. The Morgan fingerprint density at radius 1 is 1.11 bits per heavy atom. The Morgan fingerprint density at radius 3 is 2.63 bits per heavy atom. The molecule has 5 rings (SSSR count). The average Bonchev–Trinajstić information content (AvgIpc) is 3.36. The largest absolute Gasteiger partial charge is 0.507 e. The minimum absolute atomic E-state index is 0.134. The summed E-state index contributed by atoms with van der Waals surface area (Å²) in [6.45, 7) is 3.74. The first kappa shape index (κ1) is 22.6. The van der Waals surface area contributed by atoms with Crippen molar-refractivity contribution in [2.45, 2.75) is 19.9 Å². The Bertz CT molecular complexity index is 1530. The molecule has 35 heavy (non-hydrogen) atoms. The van der Waals surface area contributed by atoms with Gasteiger partial charge in [-0.25, -0.2) is 4.98 Å². The highest BCUT2D eigenvalue weighted by Gasteiger charge is 2.49. The number of aryl methyl sites for hydroxylation is 2. The third-order valence-electron chi connectivity index (χ3n) is 5.91. The van der Waals surface area contributed by atoms with E-state index < -0.39 is 23.5 Å². The van der Waals surface area contributed by atoms with Crippen LogP contribution in [0.15, 0.2) is 60.3 Å². The number of anilines is 1. The first-order chi connectivity index (χ1) is 16.8. The number of ether oxygens (including phenoxy) is 1. The molecule has 3 heterocycles. The maximum Gasteiger partial charge on any atom is 0.302 e. The summed E-state index contributed by atoms with van der Waals surface area (Å²) in [7, 11) is 1.42. The predicted octanol–water partition coefficient (Wildman–Crippen LogP) is 4.86. The van der Waals surface area contributed by atoms with Crippen LogP contribution in [-0.4, -0.2) is 38.9 Å². The van der Waals surface area contributed by atoms with Gasteiger partial charge in [0.1, 0.15) is 17.6 Å². The Balaban J connectivity index is 1.77. The lowest BCUT2D eigenvalue weighted by Gasteiger charge is -2.22. The number of hydrogen-bond acceptors (Lipinski definition) is 6. The summed E-state index contributed by atoms with van der Waals surface area (Å²) in [5.74, 6) is -1.74. The number of ketones is 1. The first-order valence-corrected chi connectivity index (χ1v) is 11.2. The fraction of sp³-hybridized carbons (Fsp3) is 0.154. The molecular formula is C26H21ClN4O4. The van der Waals surface area contributed by atoms with E-state index >= 15 is 0 Å². The number of amides is 1. The van der Waals surface area contributed by atoms with Gasteiger partial charge >= 0.3 is 5.91 Å². The highest BCUT2D eigenvalue weighted by Crippen LogP contribution is 2.43. The van der Waals surface area contributed by atoms with Crippen molar-refractivity contribution in [3.63, 3.8) is 0 Å². The standard InChI is InChI=1S/C26H21ClN4O4/c1-13-7-8-17-19(12-13)30-26(29-17)31-21(18-6-4-5-9-28-18)20(23(33)25(31)34)22(32)15-10-14(2)11-16(27)24(15)35-3/h4-12,21,32H,1-3H3,(H,29,30)/b22-20+. The number of nitrogens with zero attached hydrogens (tertiary/aromatic N) is 3. The smallest absolute Gasteiger partial charge is 0.302 e. The molecule has 1 amide bonds. The molecule has 1 atom stereocenters. The van der Waals surface area contributed by atoms with Crippen molar-refractivity contribution in [3.05, 3.63) is 87.7 Å². The second-order valence-electron chi connectivity index (χ2n) is 8.33. The van der Waals surface area contributed by atoms with Crippen molar-refractivity contribution in [2.75, 3.05) is 12.0 Å². The van der Waals surface area contributed by atoms with Crippen LogP contribution >= 0.6 is 11.6 Å². The topological polar surface area (TPSA) is 108 Å². The normalized spacial score (nSPS) is 17.4. The van der Waals surface area contributed by atoms with Crippen molar-refractivity contribution in [3.8, 4) is 5.75 Å². The summed E-state index contributed by atoms with van der Waals surface area (Å²) in [5.41, 5.74) is 3.57. The van der Waals surface area contributed by atoms with E-state index in [1.165, 1.54) is 12.0 Å². The van der Waals surface area contributed by atoms with Crippen LogP contribution in [0.2, 0.25) is 5.02 Å². The van der Waals surface area contributed by atoms with Gasteiger partial charge < -0.3 is 14.8 Å².